The summed E-state index contributed by atoms with van der Waals surface area (Å²) in [4.78, 5) is 13.1. The van der Waals surface area contributed by atoms with Crippen LogP contribution in [0.5, 0.6) is 0 Å². The summed E-state index contributed by atoms with van der Waals surface area (Å²) < 4.78 is 25.4. The molecule has 0 bridgehead atoms. The molecule has 0 spiro atoms. The van der Waals surface area contributed by atoms with Gasteiger partial charge in [0.1, 0.15) is 5.78 Å². The molecule has 454 valence electrons. The lowest BCUT2D eigenvalue weighted by Crippen LogP contribution is -2.67. The Bertz CT molecular complexity index is 2120. The highest BCUT2D eigenvalue weighted by Gasteiger charge is 2.73. The Balaban J connectivity index is 0.000000170. The number of halogens is 2. The third-order valence-electron chi connectivity index (χ3n) is 30.1. The molecule has 2 aliphatic heterocycles. The van der Waals surface area contributed by atoms with Crippen LogP contribution in [0.15, 0.2) is 0 Å². The lowest BCUT2D eigenvalue weighted by atomic mass is 9.32. The summed E-state index contributed by atoms with van der Waals surface area (Å²) in [6, 6.07) is 0. The van der Waals surface area contributed by atoms with Crippen molar-refractivity contribution >= 4 is 29.0 Å². The summed E-state index contributed by atoms with van der Waals surface area (Å²) in [5, 5.41) is 11.2. The molecule has 12 fully saturated rings. The molecule has 21 atom stereocenters. The molecule has 79 heavy (non-hydrogen) atoms. The van der Waals surface area contributed by atoms with Gasteiger partial charge in [0, 0.05) is 25.0 Å². The fraction of sp³-hybridized carbons (Fsp3) is 0.986. The zero-order chi connectivity index (χ0) is 57.0. The van der Waals surface area contributed by atoms with Crippen molar-refractivity contribution in [3.8, 4) is 0 Å². The second kappa shape index (κ2) is 22.6. The lowest BCUT2D eigenvalue weighted by Gasteiger charge is -2.73. The van der Waals surface area contributed by atoms with E-state index in [1.807, 2.05) is 0 Å². The number of hydrogen-bond donors (Lipinski definition) is 1. The average molecular weight is 1140 g/mol. The van der Waals surface area contributed by atoms with Gasteiger partial charge in [0.25, 0.3) is 0 Å². The van der Waals surface area contributed by atoms with Crippen LogP contribution < -0.4 is 0 Å². The van der Waals surface area contributed by atoms with Crippen molar-refractivity contribution in [2.24, 2.45) is 125 Å². The highest BCUT2D eigenvalue weighted by Crippen LogP contribution is 2.80. The first-order valence-electron chi connectivity index (χ1n) is 34.0. The number of aliphatic hydroxyl groups excluding tert-OH is 1. The van der Waals surface area contributed by atoms with E-state index in [4.69, 9.17) is 42.1 Å². The van der Waals surface area contributed by atoms with Gasteiger partial charge in [-0.1, -0.05) is 96.9 Å². The number of aliphatic hydroxyl groups is 1. The first kappa shape index (κ1) is 62.1. The van der Waals surface area contributed by atoms with E-state index >= 15 is 0 Å². The highest BCUT2D eigenvalue weighted by atomic mass is 35.5. The maximum atomic E-state index is 13.1. The SMILES string of the molecule is CC(C)[C@@H]1CC[C@]2(COC3CCCCO3)CC[C@]3(C)[C@H](CC[C@@H]4[C@@]5(C)CCC(=O)C(C)(C)[C@@H]5CC[C@]43C)[C@@H]12.CC(C)[C@@H]1CC[C@]2(COC3CCCCO3)CC[C@]3(C)[C@H](CC[C@@H]4[C@@]5(C)CC[C@H](O)C(C)(C)[C@@H]5CC[C@]43C)[C@@H]12.ClCCl. The van der Waals surface area contributed by atoms with E-state index in [0.717, 1.165) is 118 Å². The Morgan fingerprint density at radius 2 is 0.937 bits per heavy atom. The van der Waals surface area contributed by atoms with Crippen LogP contribution in [-0.4, -0.2) is 61.3 Å². The van der Waals surface area contributed by atoms with Crippen LogP contribution in [0.2, 0.25) is 0 Å². The van der Waals surface area contributed by atoms with E-state index in [1.54, 1.807) is 0 Å². The van der Waals surface area contributed by atoms with Gasteiger partial charge in [0.05, 0.1) is 24.7 Å². The Hall–Kier alpha value is 0.0500. The lowest BCUT2D eigenvalue weighted by molar-refractivity contribution is -0.257. The highest BCUT2D eigenvalue weighted by molar-refractivity contribution is 6.40. The molecule has 6 nitrogen and oxygen atoms in total. The quantitative estimate of drug-likeness (QED) is 0.244. The number of carbonyl (C=O) groups excluding carboxylic acids is 1. The molecule has 0 aromatic heterocycles. The molecule has 12 aliphatic rings. The van der Waals surface area contributed by atoms with Crippen LogP contribution in [0.1, 0.15) is 264 Å². The second-order valence-corrected chi connectivity index (χ2v) is 34.7. The monoisotopic (exact) mass is 1140 g/mol. The molecular formula is C71H120Cl2O6. The van der Waals surface area contributed by atoms with Gasteiger partial charge in [-0.15, -0.1) is 23.2 Å². The van der Waals surface area contributed by atoms with E-state index in [-0.39, 0.29) is 34.9 Å². The van der Waals surface area contributed by atoms with Crippen molar-refractivity contribution in [2.75, 3.05) is 31.8 Å². The molecule has 10 saturated carbocycles. The van der Waals surface area contributed by atoms with E-state index in [0.29, 0.717) is 60.9 Å². The van der Waals surface area contributed by atoms with Crippen molar-refractivity contribution in [1.82, 2.24) is 0 Å². The van der Waals surface area contributed by atoms with Crippen molar-refractivity contribution < 1.29 is 28.8 Å². The van der Waals surface area contributed by atoms with Gasteiger partial charge in [0.2, 0.25) is 0 Å². The second-order valence-electron chi connectivity index (χ2n) is 33.8. The minimum absolute atomic E-state index is 0.0334. The molecule has 2 heterocycles. The summed E-state index contributed by atoms with van der Waals surface area (Å²) in [5.41, 5.74) is 2.87. The largest absolute Gasteiger partial charge is 0.393 e. The molecule has 2 unspecified atom stereocenters. The van der Waals surface area contributed by atoms with Crippen LogP contribution in [0.3, 0.4) is 0 Å². The van der Waals surface area contributed by atoms with Crippen LogP contribution in [-0.2, 0) is 23.7 Å². The Morgan fingerprint density at radius 1 is 0.494 bits per heavy atom. The fourth-order valence-corrected chi connectivity index (χ4v) is 25.6. The molecule has 12 rings (SSSR count). The molecule has 2 saturated heterocycles. The third kappa shape index (κ3) is 9.85. The van der Waals surface area contributed by atoms with Gasteiger partial charge in [-0.2, -0.15) is 0 Å². The standard InChI is InChI=1S/C35H60O3.C35H58O3.CH2Cl2/c2*1-23(2)24-13-18-35(22-38-29-10-8-9-21-37-29)20-19-33(6)25(30(24)35)11-12-27-32(5)16-15-28(36)31(3,4)26(32)14-17-34(27,33)7;2-1-3/h23-30,36H,8-22H2,1-7H3;23-27,29-30H,8-22H2,1-7H3;1H2/t24-,25+,26-,27+,28-,29?,30+,32-,33+,34+,35+;24-,25+,26-,27+,29?,30+,32-,33+,34+,35+;/m00./s1. The first-order chi connectivity index (χ1) is 37.2. The minimum atomic E-state index is -0.152. The van der Waals surface area contributed by atoms with Gasteiger partial charge >= 0.3 is 0 Å². The summed E-state index contributed by atoms with van der Waals surface area (Å²) in [7, 11) is 0. The van der Waals surface area contributed by atoms with Crippen molar-refractivity contribution in [3.05, 3.63) is 0 Å². The summed E-state index contributed by atoms with van der Waals surface area (Å²) in [6.45, 7) is 39.2. The summed E-state index contributed by atoms with van der Waals surface area (Å²) >= 11 is 9.53. The Kier molecular flexibility index (Phi) is 17.8. The normalized spacial score (nSPS) is 51.3. The van der Waals surface area contributed by atoms with Crippen molar-refractivity contribution in [1.29, 1.82) is 0 Å². The van der Waals surface area contributed by atoms with Gasteiger partial charge in [-0.05, 0) is 280 Å². The number of ketones is 1. The summed E-state index contributed by atoms with van der Waals surface area (Å²) in [6.07, 6.45) is 32.9. The third-order valence-corrected chi connectivity index (χ3v) is 30.1. The number of hydrogen-bond acceptors (Lipinski definition) is 6. The zero-order valence-corrected chi connectivity index (χ0v) is 54.8. The molecule has 0 aromatic carbocycles. The van der Waals surface area contributed by atoms with Crippen molar-refractivity contribution in [3.63, 3.8) is 0 Å². The van der Waals surface area contributed by atoms with E-state index in [2.05, 4.69) is 96.9 Å². The molecule has 10 aliphatic carbocycles. The maximum Gasteiger partial charge on any atom is 0.157 e. The van der Waals surface area contributed by atoms with Crippen LogP contribution in [0.25, 0.3) is 0 Å². The van der Waals surface area contributed by atoms with Gasteiger partial charge in [0.15, 0.2) is 12.6 Å². The van der Waals surface area contributed by atoms with Gasteiger partial charge in [-0.25, -0.2) is 0 Å². The predicted molar refractivity (Wildman–Crippen MR) is 325 cm³/mol. The van der Waals surface area contributed by atoms with E-state index in [1.165, 1.54) is 135 Å². The minimum Gasteiger partial charge on any atom is -0.393 e. The smallest absolute Gasteiger partial charge is 0.157 e. The fourth-order valence-electron chi connectivity index (χ4n) is 25.6. The Morgan fingerprint density at radius 3 is 1.37 bits per heavy atom. The van der Waals surface area contributed by atoms with Gasteiger partial charge < -0.3 is 24.1 Å². The van der Waals surface area contributed by atoms with Crippen LogP contribution in [0, 0.1) is 125 Å². The van der Waals surface area contributed by atoms with Gasteiger partial charge in [-0.3, -0.25) is 4.79 Å². The molecule has 0 aromatic rings. The molecule has 0 amide bonds. The Labute approximate surface area is 494 Å². The predicted octanol–water partition coefficient (Wildman–Crippen LogP) is 18.9. The topological polar surface area (TPSA) is 74.2 Å². The number of carbonyl (C=O) groups is 1. The number of rotatable bonds is 8. The van der Waals surface area contributed by atoms with Crippen LogP contribution >= 0.6 is 23.2 Å². The molecular weight excluding hydrogens is 1020 g/mol. The number of fused-ring (bicyclic) bond motifs is 14. The zero-order valence-electron chi connectivity index (χ0n) is 53.3. The number of Topliss-reactive ketones (excluding diaryl/α,β-unsaturated/α-hetero) is 1. The molecule has 0 radical (unpaired) electrons. The number of alkyl halides is 2. The first-order valence-corrected chi connectivity index (χ1v) is 35.1. The average Bonchev–Trinajstić information content (AvgIpc) is 4.04. The van der Waals surface area contributed by atoms with E-state index < -0.39 is 0 Å². The molecule has 1 N–H and O–H groups in total. The summed E-state index contributed by atoms with van der Waals surface area (Å²) in [5.74, 6) is 9.67. The van der Waals surface area contributed by atoms with Crippen LogP contribution in [0.4, 0.5) is 0 Å². The van der Waals surface area contributed by atoms with E-state index in [9.17, 15) is 9.90 Å². The number of ether oxygens (including phenoxy) is 4. The van der Waals surface area contributed by atoms with Crippen molar-refractivity contribution in [2.45, 2.75) is 283 Å². The molecule has 8 heteroatoms. The maximum absolute atomic E-state index is 13.1.